The lowest BCUT2D eigenvalue weighted by molar-refractivity contribution is 0.102. The molecule has 0 saturated carbocycles. The number of carbonyl (C=O) groups is 1. The molecule has 6 heteroatoms. The Morgan fingerprint density at radius 2 is 2.00 bits per heavy atom. The first-order valence-electron chi connectivity index (χ1n) is 7.65. The van der Waals surface area contributed by atoms with E-state index in [1.165, 1.54) is 0 Å². The van der Waals surface area contributed by atoms with Gasteiger partial charge >= 0.3 is 0 Å². The number of benzene rings is 1. The van der Waals surface area contributed by atoms with Gasteiger partial charge in [-0.1, -0.05) is 12.1 Å². The van der Waals surface area contributed by atoms with Crippen molar-refractivity contribution in [1.29, 1.82) is 0 Å². The molecule has 6 nitrogen and oxygen atoms in total. The molecule has 0 aliphatic rings. The quantitative estimate of drug-likeness (QED) is 0.856. The number of hydrogen-bond donors (Lipinski definition) is 2. The Kier molecular flexibility index (Phi) is 5.51. The van der Waals surface area contributed by atoms with Crippen molar-refractivity contribution in [1.82, 2.24) is 9.97 Å². The topological polar surface area (TPSA) is 76.1 Å². The molecule has 1 heterocycles. The van der Waals surface area contributed by atoms with Gasteiger partial charge in [-0.15, -0.1) is 0 Å². The summed E-state index contributed by atoms with van der Waals surface area (Å²) in [6, 6.07) is 9.16. The second-order valence-electron chi connectivity index (χ2n) is 5.40. The molecule has 0 spiro atoms. The first kappa shape index (κ1) is 16.7. The highest BCUT2D eigenvalue weighted by molar-refractivity contribution is 6.03. The van der Waals surface area contributed by atoms with Crippen molar-refractivity contribution in [3.63, 3.8) is 0 Å². The van der Waals surface area contributed by atoms with E-state index in [-0.39, 0.29) is 11.9 Å². The number of ether oxygens (including phenoxy) is 1. The van der Waals surface area contributed by atoms with Crippen molar-refractivity contribution in [3.8, 4) is 5.75 Å². The van der Waals surface area contributed by atoms with E-state index in [1.54, 1.807) is 12.1 Å². The van der Waals surface area contributed by atoms with Gasteiger partial charge in [-0.2, -0.15) is 0 Å². The highest BCUT2D eigenvalue weighted by Crippen LogP contribution is 2.24. The third-order valence-corrected chi connectivity index (χ3v) is 2.94. The van der Waals surface area contributed by atoms with E-state index in [2.05, 4.69) is 20.6 Å². The maximum atomic E-state index is 12.5. The Morgan fingerprint density at radius 3 is 2.70 bits per heavy atom. The van der Waals surface area contributed by atoms with Gasteiger partial charge in [0.1, 0.15) is 11.4 Å². The second kappa shape index (κ2) is 7.58. The van der Waals surface area contributed by atoms with E-state index in [1.807, 2.05) is 45.9 Å². The molecule has 23 heavy (non-hydrogen) atoms. The molecule has 0 radical (unpaired) electrons. The molecule has 0 unspecified atom stereocenters. The highest BCUT2D eigenvalue weighted by Gasteiger charge is 2.13. The molecule has 0 fully saturated rings. The zero-order chi connectivity index (χ0) is 16.8. The summed E-state index contributed by atoms with van der Waals surface area (Å²) in [6.45, 7) is 8.24. The molecule has 122 valence electrons. The molecule has 0 bridgehead atoms. The summed E-state index contributed by atoms with van der Waals surface area (Å²) in [6.07, 6.45) is 0. The van der Waals surface area contributed by atoms with Gasteiger partial charge in [0.2, 0.25) is 5.95 Å². The first-order valence-corrected chi connectivity index (χ1v) is 7.65. The Hall–Kier alpha value is -2.63. The van der Waals surface area contributed by atoms with Crippen LogP contribution in [0.1, 0.15) is 37.0 Å². The molecule has 0 aliphatic heterocycles. The van der Waals surface area contributed by atoms with Crippen LogP contribution in [0.4, 0.5) is 11.6 Å². The van der Waals surface area contributed by atoms with Crippen LogP contribution in [0.5, 0.6) is 5.75 Å². The van der Waals surface area contributed by atoms with Crippen molar-refractivity contribution in [2.24, 2.45) is 0 Å². The van der Waals surface area contributed by atoms with Crippen molar-refractivity contribution in [2.75, 3.05) is 17.2 Å². The van der Waals surface area contributed by atoms with Crippen molar-refractivity contribution in [2.45, 2.75) is 33.7 Å². The minimum atomic E-state index is -0.297. The predicted octanol–water partition coefficient (Wildman–Crippen LogP) is 3.26. The maximum Gasteiger partial charge on any atom is 0.274 e. The van der Waals surface area contributed by atoms with Gasteiger partial charge in [0.15, 0.2) is 0 Å². The summed E-state index contributed by atoms with van der Waals surface area (Å²) >= 11 is 0. The number of aryl methyl sites for hydroxylation is 1. The van der Waals surface area contributed by atoms with Crippen molar-refractivity contribution in [3.05, 3.63) is 41.7 Å². The Labute approximate surface area is 136 Å². The smallest absolute Gasteiger partial charge is 0.274 e. The van der Waals surface area contributed by atoms with Crippen molar-refractivity contribution >= 4 is 17.5 Å². The molecule has 1 amide bonds. The summed E-state index contributed by atoms with van der Waals surface area (Å²) in [4.78, 5) is 21.0. The minimum absolute atomic E-state index is 0.186. The Bertz CT molecular complexity index is 686. The minimum Gasteiger partial charge on any atom is -0.492 e. The molecular formula is C17H22N4O2. The van der Waals surface area contributed by atoms with Gasteiger partial charge in [-0.25, -0.2) is 9.97 Å². The Balaban J connectivity index is 2.22. The molecular weight excluding hydrogens is 292 g/mol. The summed E-state index contributed by atoms with van der Waals surface area (Å²) in [5.41, 5.74) is 1.66. The number of para-hydroxylation sites is 2. The largest absolute Gasteiger partial charge is 0.492 e. The fourth-order valence-electron chi connectivity index (χ4n) is 2.05. The van der Waals surface area contributed by atoms with E-state index in [0.717, 1.165) is 5.69 Å². The van der Waals surface area contributed by atoms with E-state index in [9.17, 15) is 4.79 Å². The number of nitrogens with zero attached hydrogens (tertiary/aromatic N) is 2. The molecule has 2 rings (SSSR count). The first-order chi connectivity index (χ1) is 11.0. The molecule has 2 aromatic rings. The van der Waals surface area contributed by atoms with Crippen LogP contribution < -0.4 is 15.4 Å². The summed E-state index contributed by atoms with van der Waals surface area (Å²) < 4.78 is 5.51. The van der Waals surface area contributed by atoms with Crippen LogP contribution in [0, 0.1) is 6.92 Å². The summed E-state index contributed by atoms with van der Waals surface area (Å²) in [5, 5.41) is 5.95. The molecule has 0 aliphatic carbocycles. The van der Waals surface area contributed by atoms with Gasteiger partial charge in [0.05, 0.1) is 12.3 Å². The highest BCUT2D eigenvalue weighted by atomic mass is 16.5. The van der Waals surface area contributed by atoms with Crippen LogP contribution in [0.15, 0.2) is 30.3 Å². The molecule has 0 atom stereocenters. The van der Waals surface area contributed by atoms with Gasteiger partial charge < -0.3 is 15.4 Å². The van der Waals surface area contributed by atoms with Crippen LogP contribution in [-0.2, 0) is 0 Å². The van der Waals surface area contributed by atoms with E-state index in [4.69, 9.17) is 4.74 Å². The third kappa shape index (κ3) is 4.67. The standard InChI is InChI=1S/C17H22N4O2/c1-5-23-15-9-7-6-8-13(15)20-16(22)14-10-12(4)19-17(21-14)18-11(2)3/h6-11H,5H2,1-4H3,(H,20,22)(H,18,19,21). The summed E-state index contributed by atoms with van der Waals surface area (Å²) in [7, 11) is 0. The number of anilines is 2. The zero-order valence-electron chi connectivity index (χ0n) is 13.9. The second-order valence-corrected chi connectivity index (χ2v) is 5.40. The van der Waals surface area contributed by atoms with E-state index < -0.39 is 0 Å². The molecule has 1 aromatic carbocycles. The predicted molar refractivity (Wildman–Crippen MR) is 91.1 cm³/mol. The van der Waals surface area contributed by atoms with Crippen molar-refractivity contribution < 1.29 is 9.53 Å². The van der Waals surface area contributed by atoms with Crippen LogP contribution in [-0.4, -0.2) is 28.5 Å². The average Bonchev–Trinajstić information content (AvgIpc) is 2.48. The van der Waals surface area contributed by atoms with Gasteiger partial charge in [0.25, 0.3) is 5.91 Å². The lowest BCUT2D eigenvalue weighted by Crippen LogP contribution is -2.18. The lowest BCUT2D eigenvalue weighted by atomic mass is 10.2. The normalized spacial score (nSPS) is 10.5. The molecule has 2 N–H and O–H groups in total. The summed E-state index contributed by atoms with van der Waals surface area (Å²) in [5.74, 6) is 0.785. The average molecular weight is 314 g/mol. The number of rotatable bonds is 6. The number of nitrogens with one attached hydrogen (secondary N) is 2. The van der Waals surface area contributed by atoms with Crippen LogP contribution in [0.3, 0.4) is 0 Å². The Morgan fingerprint density at radius 1 is 1.26 bits per heavy atom. The molecule has 0 saturated heterocycles. The van der Waals surface area contributed by atoms with Gasteiger partial charge in [-0.3, -0.25) is 4.79 Å². The third-order valence-electron chi connectivity index (χ3n) is 2.94. The SMILES string of the molecule is CCOc1ccccc1NC(=O)c1cc(C)nc(NC(C)C)n1. The lowest BCUT2D eigenvalue weighted by Gasteiger charge is -2.12. The fraction of sp³-hybridized carbons (Fsp3) is 0.353. The number of carbonyl (C=O) groups excluding carboxylic acids is 1. The monoisotopic (exact) mass is 314 g/mol. The molecule has 1 aromatic heterocycles. The van der Waals surface area contributed by atoms with Crippen LogP contribution in [0.2, 0.25) is 0 Å². The van der Waals surface area contributed by atoms with E-state index in [0.29, 0.717) is 29.7 Å². The fourth-order valence-corrected chi connectivity index (χ4v) is 2.05. The number of aromatic nitrogens is 2. The van der Waals surface area contributed by atoms with E-state index >= 15 is 0 Å². The zero-order valence-corrected chi connectivity index (χ0v) is 13.9. The number of hydrogen-bond acceptors (Lipinski definition) is 5. The number of amides is 1. The van der Waals surface area contributed by atoms with Crippen LogP contribution in [0.25, 0.3) is 0 Å². The van der Waals surface area contributed by atoms with Gasteiger partial charge in [-0.05, 0) is 45.9 Å². The van der Waals surface area contributed by atoms with Gasteiger partial charge in [0, 0.05) is 11.7 Å². The van der Waals surface area contributed by atoms with Crippen LogP contribution >= 0.6 is 0 Å². The maximum absolute atomic E-state index is 12.5.